The van der Waals surface area contributed by atoms with Gasteiger partial charge in [0, 0.05) is 25.7 Å². The van der Waals surface area contributed by atoms with Gasteiger partial charge in [-0.25, -0.2) is 9.18 Å². The van der Waals surface area contributed by atoms with Crippen LogP contribution >= 0.6 is 0 Å². The Kier molecular flexibility index (Phi) is 7.15. The summed E-state index contributed by atoms with van der Waals surface area (Å²) in [7, 11) is 3.25. The molecule has 0 spiro atoms. The lowest BCUT2D eigenvalue weighted by atomic mass is 9.87. The van der Waals surface area contributed by atoms with Crippen molar-refractivity contribution < 1.29 is 18.7 Å². The number of halogens is 1. The summed E-state index contributed by atoms with van der Waals surface area (Å²) in [5, 5.41) is 5.85. The van der Waals surface area contributed by atoms with E-state index in [4.69, 9.17) is 9.47 Å². The number of nitrogens with zero attached hydrogens (tertiary/aromatic N) is 1. The molecule has 2 atom stereocenters. The minimum Gasteiger partial charge on any atom is -0.493 e. The van der Waals surface area contributed by atoms with Crippen molar-refractivity contribution in [3.8, 4) is 11.5 Å². The van der Waals surface area contributed by atoms with Crippen molar-refractivity contribution in [3.63, 3.8) is 0 Å². The number of carbonyl (C=O) groups is 1. The molecule has 0 saturated heterocycles. The number of carbonyl (C=O) groups excluding carboxylic acids is 1. The van der Waals surface area contributed by atoms with Gasteiger partial charge in [0.25, 0.3) is 0 Å². The fourth-order valence-corrected chi connectivity index (χ4v) is 4.11. The first-order valence-corrected chi connectivity index (χ1v) is 10.2. The zero-order valence-electron chi connectivity index (χ0n) is 18.0. The quantitative estimate of drug-likeness (QED) is 0.725. The topological polar surface area (TPSA) is 62.8 Å². The highest BCUT2D eigenvalue weighted by Gasteiger charge is 2.33. The lowest BCUT2D eigenvalue weighted by Crippen LogP contribution is -2.49. The molecule has 3 rings (SSSR count). The number of amides is 2. The number of hydrogen-bond acceptors (Lipinski definition) is 4. The Balaban J connectivity index is 1.96. The van der Waals surface area contributed by atoms with E-state index in [0.717, 1.165) is 24.1 Å². The van der Waals surface area contributed by atoms with Crippen LogP contribution in [0.1, 0.15) is 36.6 Å². The standard InChI is InChI=1S/C23H30FN3O3/c1-5-25-23(28)26-15(2)22-19-13-21(30-4)20(29-3)12-17(19)10-11-27(22)14-16-6-8-18(24)9-7-16/h6-9,12-13,15,22H,5,10-11,14H2,1-4H3,(H2,25,26,28)/t15-,22-/m1/s1. The molecule has 0 bridgehead atoms. The van der Waals surface area contributed by atoms with Gasteiger partial charge >= 0.3 is 6.03 Å². The minimum atomic E-state index is -0.248. The number of rotatable bonds is 7. The lowest BCUT2D eigenvalue weighted by molar-refractivity contribution is 0.143. The number of methoxy groups -OCH3 is 2. The number of fused-ring (bicyclic) bond motifs is 1. The first-order valence-electron chi connectivity index (χ1n) is 10.2. The summed E-state index contributed by atoms with van der Waals surface area (Å²) in [5.74, 6) is 1.11. The van der Waals surface area contributed by atoms with Crippen molar-refractivity contribution in [2.75, 3.05) is 27.3 Å². The summed E-state index contributed by atoms with van der Waals surface area (Å²) in [5.41, 5.74) is 3.30. The van der Waals surface area contributed by atoms with Crippen LogP contribution in [-0.4, -0.2) is 44.3 Å². The van der Waals surface area contributed by atoms with Gasteiger partial charge in [0.05, 0.1) is 20.3 Å². The maximum Gasteiger partial charge on any atom is 0.315 e. The molecule has 2 N–H and O–H groups in total. The van der Waals surface area contributed by atoms with E-state index in [1.54, 1.807) is 26.4 Å². The third-order valence-electron chi connectivity index (χ3n) is 5.49. The Morgan fingerprint density at radius 2 is 1.87 bits per heavy atom. The highest BCUT2D eigenvalue weighted by Crippen LogP contribution is 2.40. The zero-order valence-corrected chi connectivity index (χ0v) is 18.0. The second-order valence-corrected chi connectivity index (χ2v) is 7.49. The minimum absolute atomic E-state index is 0.0683. The second kappa shape index (κ2) is 9.80. The third-order valence-corrected chi connectivity index (χ3v) is 5.49. The first kappa shape index (κ1) is 21.9. The largest absolute Gasteiger partial charge is 0.493 e. The Hall–Kier alpha value is -2.80. The molecule has 0 radical (unpaired) electrons. The van der Waals surface area contributed by atoms with E-state index in [1.165, 1.54) is 17.7 Å². The highest BCUT2D eigenvalue weighted by molar-refractivity contribution is 5.74. The van der Waals surface area contributed by atoms with Gasteiger partial charge in [-0.3, -0.25) is 4.90 Å². The van der Waals surface area contributed by atoms with Crippen LogP contribution in [0.3, 0.4) is 0 Å². The molecule has 2 amide bonds. The van der Waals surface area contributed by atoms with Crippen LogP contribution in [-0.2, 0) is 13.0 Å². The van der Waals surface area contributed by atoms with Crippen LogP contribution < -0.4 is 20.1 Å². The smallest absolute Gasteiger partial charge is 0.315 e. The average Bonchev–Trinajstić information content (AvgIpc) is 2.74. The van der Waals surface area contributed by atoms with Gasteiger partial charge < -0.3 is 20.1 Å². The van der Waals surface area contributed by atoms with E-state index < -0.39 is 0 Å². The van der Waals surface area contributed by atoms with Gasteiger partial charge in [-0.15, -0.1) is 0 Å². The van der Waals surface area contributed by atoms with Gasteiger partial charge in [-0.2, -0.15) is 0 Å². The van der Waals surface area contributed by atoms with Gasteiger partial charge in [0.2, 0.25) is 0 Å². The monoisotopic (exact) mass is 415 g/mol. The Labute approximate surface area is 177 Å². The molecule has 0 aliphatic carbocycles. The lowest BCUT2D eigenvalue weighted by Gasteiger charge is -2.41. The summed E-state index contributed by atoms with van der Waals surface area (Å²) < 4.78 is 24.4. The first-order chi connectivity index (χ1) is 14.5. The summed E-state index contributed by atoms with van der Waals surface area (Å²) in [6, 6.07) is 10.2. The van der Waals surface area contributed by atoms with Gasteiger partial charge in [0.15, 0.2) is 11.5 Å². The maximum atomic E-state index is 13.3. The van der Waals surface area contributed by atoms with Crippen LogP contribution in [0.25, 0.3) is 0 Å². The highest BCUT2D eigenvalue weighted by atomic mass is 19.1. The number of benzene rings is 2. The zero-order chi connectivity index (χ0) is 21.7. The van der Waals surface area contributed by atoms with Crippen molar-refractivity contribution >= 4 is 6.03 Å². The van der Waals surface area contributed by atoms with Crippen molar-refractivity contribution in [1.29, 1.82) is 0 Å². The third kappa shape index (κ3) is 4.84. The van der Waals surface area contributed by atoms with Crippen LogP contribution in [0.15, 0.2) is 36.4 Å². The van der Waals surface area contributed by atoms with Crippen LogP contribution in [0.2, 0.25) is 0 Å². The van der Waals surface area contributed by atoms with Crippen LogP contribution in [0.4, 0.5) is 9.18 Å². The molecular formula is C23H30FN3O3. The van der Waals surface area contributed by atoms with E-state index in [1.807, 2.05) is 26.0 Å². The Bertz CT molecular complexity index is 873. The molecule has 30 heavy (non-hydrogen) atoms. The normalized spacial score (nSPS) is 17.0. The second-order valence-electron chi connectivity index (χ2n) is 7.49. The van der Waals surface area contributed by atoms with E-state index in [0.29, 0.717) is 24.6 Å². The Morgan fingerprint density at radius 3 is 2.50 bits per heavy atom. The van der Waals surface area contributed by atoms with Crippen LogP contribution in [0, 0.1) is 5.82 Å². The molecule has 0 unspecified atom stereocenters. The van der Waals surface area contributed by atoms with Gasteiger partial charge in [-0.05, 0) is 61.2 Å². The fourth-order valence-electron chi connectivity index (χ4n) is 4.11. The van der Waals surface area contributed by atoms with Crippen molar-refractivity contribution in [2.45, 2.75) is 38.9 Å². The Morgan fingerprint density at radius 1 is 1.20 bits per heavy atom. The van der Waals surface area contributed by atoms with E-state index in [-0.39, 0.29) is 23.9 Å². The van der Waals surface area contributed by atoms with Crippen molar-refractivity contribution in [3.05, 3.63) is 58.9 Å². The summed E-state index contributed by atoms with van der Waals surface area (Å²) in [6.07, 6.45) is 0.848. The van der Waals surface area contributed by atoms with Crippen LogP contribution in [0.5, 0.6) is 11.5 Å². The van der Waals surface area contributed by atoms with E-state index >= 15 is 0 Å². The predicted molar refractivity (Wildman–Crippen MR) is 114 cm³/mol. The van der Waals surface area contributed by atoms with E-state index in [2.05, 4.69) is 15.5 Å². The molecule has 1 aliphatic heterocycles. The predicted octanol–water partition coefficient (Wildman–Crippen LogP) is 3.65. The van der Waals surface area contributed by atoms with Gasteiger partial charge in [0.1, 0.15) is 5.82 Å². The maximum absolute atomic E-state index is 13.3. The number of urea groups is 1. The summed E-state index contributed by atoms with van der Waals surface area (Å²) in [4.78, 5) is 14.5. The number of hydrogen-bond donors (Lipinski definition) is 2. The van der Waals surface area contributed by atoms with Gasteiger partial charge in [-0.1, -0.05) is 12.1 Å². The molecule has 0 saturated carbocycles. The summed E-state index contributed by atoms with van der Waals surface area (Å²) >= 11 is 0. The molecule has 0 aromatic heterocycles. The molecule has 2 aromatic carbocycles. The van der Waals surface area contributed by atoms with E-state index in [9.17, 15) is 9.18 Å². The van der Waals surface area contributed by atoms with Crippen molar-refractivity contribution in [1.82, 2.24) is 15.5 Å². The summed E-state index contributed by atoms with van der Waals surface area (Å²) in [6.45, 7) is 5.91. The fraction of sp³-hybridized carbons (Fsp3) is 0.435. The average molecular weight is 416 g/mol. The molecule has 162 valence electrons. The van der Waals surface area contributed by atoms with Crippen molar-refractivity contribution in [2.24, 2.45) is 0 Å². The SMILES string of the molecule is CCNC(=O)N[C@H](C)[C@@H]1c2cc(OC)c(OC)cc2CCN1Cc1ccc(F)cc1. The number of ether oxygens (including phenoxy) is 2. The molecule has 1 aliphatic rings. The molecule has 1 heterocycles. The molecule has 7 heteroatoms. The number of nitrogens with one attached hydrogen (secondary N) is 2. The molecule has 0 fully saturated rings. The molecule has 6 nitrogen and oxygen atoms in total. The molecule has 2 aromatic rings. The molecular weight excluding hydrogens is 385 g/mol.